The van der Waals surface area contributed by atoms with Crippen molar-refractivity contribution in [3.05, 3.63) is 59.5 Å². The van der Waals surface area contributed by atoms with Crippen LogP contribution in [0.3, 0.4) is 0 Å². The Balaban J connectivity index is 1.67. The first-order valence-corrected chi connectivity index (χ1v) is 9.91. The van der Waals surface area contributed by atoms with Gasteiger partial charge in [-0.15, -0.1) is 10.2 Å². The Morgan fingerprint density at radius 3 is 2.59 bits per heavy atom. The molecule has 3 rings (SSSR count). The monoisotopic (exact) mass is 387 g/mol. The molecule has 142 valence electrons. The molecule has 0 atom stereocenters. The third-order valence-corrected chi connectivity index (χ3v) is 5.45. The molecule has 0 bridgehead atoms. The molecule has 0 amide bonds. The molecule has 0 fully saturated rings. The predicted molar refractivity (Wildman–Crippen MR) is 101 cm³/mol. The fourth-order valence-corrected chi connectivity index (χ4v) is 3.90. The number of benzene rings is 2. The molecule has 0 aliphatic heterocycles. The van der Waals surface area contributed by atoms with E-state index < -0.39 is 10.0 Å². The van der Waals surface area contributed by atoms with E-state index in [0.717, 1.165) is 16.7 Å². The van der Waals surface area contributed by atoms with E-state index in [1.165, 1.54) is 7.11 Å². The van der Waals surface area contributed by atoms with E-state index in [0.29, 0.717) is 17.5 Å². The summed E-state index contributed by atoms with van der Waals surface area (Å²) < 4.78 is 38.5. The van der Waals surface area contributed by atoms with Crippen molar-refractivity contribution in [3.8, 4) is 17.2 Å². The smallest absolute Gasteiger partial charge is 0.247 e. The lowest BCUT2D eigenvalue weighted by atomic mass is 10.1. The van der Waals surface area contributed by atoms with Gasteiger partial charge in [0.05, 0.1) is 7.11 Å². The van der Waals surface area contributed by atoms with E-state index in [2.05, 4.69) is 14.9 Å². The van der Waals surface area contributed by atoms with Gasteiger partial charge >= 0.3 is 0 Å². The summed E-state index contributed by atoms with van der Waals surface area (Å²) in [7, 11) is -2.27. The van der Waals surface area contributed by atoms with Gasteiger partial charge in [-0.05, 0) is 43.7 Å². The topological polar surface area (TPSA) is 94.3 Å². The lowest BCUT2D eigenvalue weighted by Gasteiger charge is -2.11. The van der Waals surface area contributed by atoms with Gasteiger partial charge in [0.1, 0.15) is 10.6 Å². The fourth-order valence-electron chi connectivity index (χ4n) is 2.61. The molecule has 0 saturated carbocycles. The van der Waals surface area contributed by atoms with Crippen LogP contribution in [0.15, 0.2) is 51.8 Å². The second kappa shape index (κ2) is 7.89. The molecular formula is C19H21N3O4S. The highest BCUT2D eigenvalue weighted by molar-refractivity contribution is 7.89. The zero-order valence-electron chi connectivity index (χ0n) is 15.4. The number of aromatic nitrogens is 2. The normalized spacial score (nSPS) is 11.5. The molecule has 8 heteroatoms. The third kappa shape index (κ3) is 4.53. The summed E-state index contributed by atoms with van der Waals surface area (Å²) in [5.41, 5.74) is 2.75. The van der Waals surface area contributed by atoms with E-state index in [1.54, 1.807) is 18.2 Å². The Labute approximate surface area is 158 Å². The van der Waals surface area contributed by atoms with Crippen LogP contribution in [0.4, 0.5) is 0 Å². The van der Waals surface area contributed by atoms with Crippen LogP contribution in [0.25, 0.3) is 11.5 Å². The Morgan fingerprint density at radius 1 is 1.07 bits per heavy atom. The number of hydrogen-bond acceptors (Lipinski definition) is 6. The molecule has 7 nitrogen and oxygen atoms in total. The number of methoxy groups -OCH3 is 1. The van der Waals surface area contributed by atoms with Crippen LogP contribution in [0.1, 0.15) is 17.0 Å². The van der Waals surface area contributed by atoms with E-state index in [9.17, 15) is 8.42 Å². The second-order valence-electron chi connectivity index (χ2n) is 6.17. The summed E-state index contributed by atoms with van der Waals surface area (Å²) in [6, 6.07) is 12.7. The number of sulfonamides is 1. The molecular weight excluding hydrogens is 366 g/mol. The number of rotatable bonds is 7. The van der Waals surface area contributed by atoms with Crippen molar-refractivity contribution < 1.29 is 17.6 Å². The molecule has 2 aromatic carbocycles. The highest BCUT2D eigenvalue weighted by atomic mass is 32.2. The molecule has 0 unspecified atom stereocenters. The SMILES string of the molecule is COc1ccc(C)cc1S(=O)(=O)NCCc1nnc(-c2cccc(C)c2)o1. The molecule has 0 aliphatic carbocycles. The average molecular weight is 387 g/mol. The van der Waals surface area contributed by atoms with Crippen LogP contribution in [0, 0.1) is 13.8 Å². The van der Waals surface area contributed by atoms with Crippen LogP contribution >= 0.6 is 0 Å². The Kier molecular flexibility index (Phi) is 5.57. The van der Waals surface area contributed by atoms with Crippen LogP contribution in [-0.2, 0) is 16.4 Å². The van der Waals surface area contributed by atoms with Crippen LogP contribution < -0.4 is 9.46 Å². The standard InChI is InChI=1S/C19H21N3O4S/c1-13-5-4-6-15(11-13)19-22-21-18(26-19)9-10-20-27(23,24)17-12-14(2)7-8-16(17)25-3/h4-8,11-12,20H,9-10H2,1-3H3. The number of nitrogens with zero attached hydrogens (tertiary/aromatic N) is 2. The van der Waals surface area contributed by atoms with Crippen molar-refractivity contribution in [1.29, 1.82) is 0 Å². The Hall–Kier alpha value is -2.71. The summed E-state index contributed by atoms with van der Waals surface area (Å²) >= 11 is 0. The highest BCUT2D eigenvalue weighted by Crippen LogP contribution is 2.24. The summed E-state index contributed by atoms with van der Waals surface area (Å²) in [5, 5.41) is 8.01. The van der Waals surface area contributed by atoms with Gasteiger partial charge in [0.2, 0.25) is 21.8 Å². The average Bonchev–Trinajstić information content (AvgIpc) is 3.10. The fraction of sp³-hybridized carbons (Fsp3) is 0.263. The van der Waals surface area contributed by atoms with Crippen molar-refractivity contribution in [2.45, 2.75) is 25.2 Å². The van der Waals surface area contributed by atoms with Crippen molar-refractivity contribution in [2.75, 3.05) is 13.7 Å². The summed E-state index contributed by atoms with van der Waals surface area (Å²) in [6.45, 7) is 3.94. The van der Waals surface area contributed by atoms with Crippen LogP contribution in [-0.4, -0.2) is 32.3 Å². The van der Waals surface area contributed by atoms with Crippen molar-refractivity contribution in [3.63, 3.8) is 0 Å². The zero-order valence-corrected chi connectivity index (χ0v) is 16.2. The van der Waals surface area contributed by atoms with Crippen molar-refractivity contribution in [2.24, 2.45) is 0 Å². The number of hydrogen-bond donors (Lipinski definition) is 1. The Morgan fingerprint density at radius 2 is 1.85 bits per heavy atom. The van der Waals surface area contributed by atoms with Crippen molar-refractivity contribution in [1.82, 2.24) is 14.9 Å². The van der Waals surface area contributed by atoms with Gasteiger partial charge in [-0.25, -0.2) is 13.1 Å². The first-order chi connectivity index (χ1) is 12.9. The highest BCUT2D eigenvalue weighted by Gasteiger charge is 2.19. The lowest BCUT2D eigenvalue weighted by molar-refractivity contribution is 0.402. The van der Waals surface area contributed by atoms with Gasteiger partial charge in [-0.1, -0.05) is 23.8 Å². The minimum absolute atomic E-state index is 0.107. The first kappa shape index (κ1) is 19.1. The molecule has 1 aromatic heterocycles. The zero-order chi connectivity index (χ0) is 19.4. The number of nitrogens with one attached hydrogen (secondary N) is 1. The minimum atomic E-state index is -3.71. The van der Waals surface area contributed by atoms with E-state index in [-0.39, 0.29) is 17.9 Å². The van der Waals surface area contributed by atoms with Gasteiger partial charge in [0.25, 0.3) is 0 Å². The third-order valence-electron chi connectivity index (χ3n) is 3.97. The van der Waals surface area contributed by atoms with Crippen LogP contribution in [0.2, 0.25) is 0 Å². The first-order valence-electron chi connectivity index (χ1n) is 8.43. The van der Waals surface area contributed by atoms with E-state index in [1.807, 2.05) is 38.1 Å². The van der Waals surface area contributed by atoms with Crippen molar-refractivity contribution >= 4 is 10.0 Å². The molecule has 0 spiro atoms. The molecule has 0 saturated heterocycles. The molecule has 0 radical (unpaired) electrons. The van der Waals surface area contributed by atoms with Crippen LogP contribution in [0.5, 0.6) is 5.75 Å². The van der Waals surface area contributed by atoms with Gasteiger partial charge in [-0.2, -0.15) is 0 Å². The van der Waals surface area contributed by atoms with Gasteiger partial charge in [0, 0.05) is 18.5 Å². The minimum Gasteiger partial charge on any atom is -0.495 e. The summed E-state index contributed by atoms with van der Waals surface area (Å²) in [5.74, 6) is 1.08. The van der Waals surface area contributed by atoms with E-state index >= 15 is 0 Å². The van der Waals surface area contributed by atoms with Gasteiger partial charge in [0.15, 0.2) is 0 Å². The molecule has 1 heterocycles. The molecule has 1 N–H and O–H groups in total. The quantitative estimate of drug-likeness (QED) is 0.670. The molecule has 0 aliphatic rings. The largest absolute Gasteiger partial charge is 0.495 e. The Bertz CT molecular complexity index is 1040. The molecule has 3 aromatic rings. The molecule has 27 heavy (non-hydrogen) atoms. The van der Waals surface area contributed by atoms with Gasteiger partial charge < -0.3 is 9.15 Å². The second-order valence-corrected chi connectivity index (χ2v) is 7.91. The van der Waals surface area contributed by atoms with Gasteiger partial charge in [-0.3, -0.25) is 0 Å². The number of ether oxygens (including phenoxy) is 1. The lowest BCUT2D eigenvalue weighted by Crippen LogP contribution is -2.26. The predicted octanol–water partition coefficient (Wildman–Crippen LogP) is 2.88. The van der Waals surface area contributed by atoms with E-state index in [4.69, 9.17) is 9.15 Å². The maximum atomic E-state index is 12.6. The summed E-state index contributed by atoms with van der Waals surface area (Å²) in [4.78, 5) is 0.107. The number of aryl methyl sites for hydroxylation is 2. The maximum absolute atomic E-state index is 12.6. The maximum Gasteiger partial charge on any atom is 0.247 e. The summed E-state index contributed by atoms with van der Waals surface area (Å²) in [6.07, 6.45) is 0.284.